The Kier molecular flexibility index (Phi) is 6.85. The fourth-order valence-corrected chi connectivity index (χ4v) is 4.03. The predicted octanol–water partition coefficient (Wildman–Crippen LogP) is 4.69. The Labute approximate surface area is 188 Å². The summed E-state index contributed by atoms with van der Waals surface area (Å²) in [6.45, 7) is 0. The summed E-state index contributed by atoms with van der Waals surface area (Å²) in [6, 6.07) is 10.8. The Morgan fingerprint density at radius 3 is 2.31 bits per heavy atom. The number of carbonyl (C=O) groups excluding carboxylic acids is 1. The lowest BCUT2D eigenvalue weighted by Gasteiger charge is -2.14. The van der Waals surface area contributed by atoms with Gasteiger partial charge >= 0.3 is 0 Å². The van der Waals surface area contributed by atoms with E-state index in [4.69, 9.17) is 21.1 Å². The largest absolute Gasteiger partial charge is 0.495 e. The van der Waals surface area contributed by atoms with E-state index in [1.807, 2.05) is 0 Å². The zero-order chi connectivity index (χ0) is 23.5. The highest BCUT2D eigenvalue weighted by atomic mass is 35.5. The molecule has 3 rings (SSSR count). The first-order valence-electron chi connectivity index (χ1n) is 8.95. The Hall–Kier alpha value is -3.37. The molecule has 0 aromatic heterocycles. The standard InChI is InChI=1S/C21H17ClF2N2O5S/c1-30-19-11-18(20(31-2)10-15(19)22)25-21(27)12-4-3-5-13(8-12)26-32(28,29)14-6-7-16(23)17(24)9-14/h3-11,26H,1-2H3,(H,25,27). The van der Waals surface area contributed by atoms with E-state index in [2.05, 4.69) is 10.0 Å². The number of rotatable bonds is 7. The molecule has 0 spiro atoms. The van der Waals surface area contributed by atoms with E-state index >= 15 is 0 Å². The number of ether oxygens (including phenoxy) is 2. The molecule has 3 aromatic carbocycles. The van der Waals surface area contributed by atoms with E-state index in [1.165, 1.54) is 50.6 Å². The Morgan fingerprint density at radius 2 is 1.66 bits per heavy atom. The van der Waals surface area contributed by atoms with Crippen molar-refractivity contribution in [3.05, 3.63) is 76.8 Å². The monoisotopic (exact) mass is 482 g/mol. The number of anilines is 2. The van der Waals surface area contributed by atoms with Gasteiger partial charge in [0.1, 0.15) is 11.5 Å². The van der Waals surface area contributed by atoms with Gasteiger partial charge in [0.05, 0.1) is 29.8 Å². The lowest BCUT2D eigenvalue weighted by Crippen LogP contribution is -2.16. The van der Waals surface area contributed by atoms with Crippen molar-refractivity contribution in [2.45, 2.75) is 4.90 Å². The Bertz CT molecular complexity index is 1290. The third-order valence-electron chi connectivity index (χ3n) is 4.30. The van der Waals surface area contributed by atoms with E-state index in [0.29, 0.717) is 23.6 Å². The van der Waals surface area contributed by atoms with Crippen LogP contribution in [-0.4, -0.2) is 28.5 Å². The average Bonchev–Trinajstić information content (AvgIpc) is 2.76. The second kappa shape index (κ2) is 9.41. The normalized spacial score (nSPS) is 11.0. The van der Waals surface area contributed by atoms with Crippen molar-refractivity contribution < 1.29 is 31.5 Å². The summed E-state index contributed by atoms with van der Waals surface area (Å²) < 4.78 is 64.1. The van der Waals surface area contributed by atoms with E-state index < -0.39 is 32.5 Å². The van der Waals surface area contributed by atoms with Gasteiger partial charge in [0.2, 0.25) is 0 Å². The van der Waals surface area contributed by atoms with Gasteiger partial charge in [0.25, 0.3) is 15.9 Å². The highest BCUT2D eigenvalue weighted by Gasteiger charge is 2.18. The molecular formula is C21H17ClF2N2O5S. The molecule has 0 aliphatic heterocycles. The van der Waals surface area contributed by atoms with Gasteiger partial charge in [0.15, 0.2) is 11.6 Å². The molecular weight excluding hydrogens is 466 g/mol. The average molecular weight is 483 g/mol. The quantitative estimate of drug-likeness (QED) is 0.509. The van der Waals surface area contributed by atoms with Gasteiger partial charge in [-0.05, 0) is 36.4 Å². The summed E-state index contributed by atoms with van der Waals surface area (Å²) in [6.07, 6.45) is 0. The van der Waals surface area contributed by atoms with E-state index in [-0.39, 0.29) is 22.0 Å². The molecule has 7 nitrogen and oxygen atoms in total. The van der Waals surface area contributed by atoms with Crippen molar-refractivity contribution in [3.8, 4) is 11.5 Å². The number of amides is 1. The van der Waals surface area contributed by atoms with Crippen LogP contribution in [0.25, 0.3) is 0 Å². The summed E-state index contributed by atoms with van der Waals surface area (Å²) in [5.41, 5.74) is 0.445. The molecule has 0 aliphatic rings. The first kappa shape index (κ1) is 23.3. The van der Waals surface area contributed by atoms with Gasteiger partial charge in [0, 0.05) is 23.4 Å². The van der Waals surface area contributed by atoms with Crippen LogP contribution in [0.15, 0.2) is 59.5 Å². The molecule has 0 atom stereocenters. The molecule has 0 bridgehead atoms. The molecule has 2 N–H and O–H groups in total. The molecule has 3 aromatic rings. The topological polar surface area (TPSA) is 93.7 Å². The second-order valence-electron chi connectivity index (χ2n) is 6.40. The van der Waals surface area contributed by atoms with E-state index in [0.717, 1.165) is 6.07 Å². The SMILES string of the molecule is COc1cc(NC(=O)c2cccc(NS(=O)(=O)c3ccc(F)c(F)c3)c2)c(OC)cc1Cl. The third-order valence-corrected chi connectivity index (χ3v) is 5.97. The lowest BCUT2D eigenvalue weighted by atomic mass is 10.2. The van der Waals surface area contributed by atoms with Crippen molar-refractivity contribution in [3.63, 3.8) is 0 Å². The van der Waals surface area contributed by atoms with E-state index in [1.54, 1.807) is 0 Å². The number of carbonyl (C=O) groups is 1. The zero-order valence-electron chi connectivity index (χ0n) is 16.8. The minimum absolute atomic E-state index is 0.0445. The van der Waals surface area contributed by atoms with Crippen LogP contribution in [0.1, 0.15) is 10.4 Å². The van der Waals surface area contributed by atoms with Crippen LogP contribution >= 0.6 is 11.6 Å². The second-order valence-corrected chi connectivity index (χ2v) is 8.49. The fraction of sp³-hybridized carbons (Fsp3) is 0.0952. The highest BCUT2D eigenvalue weighted by Crippen LogP contribution is 2.36. The highest BCUT2D eigenvalue weighted by molar-refractivity contribution is 7.92. The lowest BCUT2D eigenvalue weighted by molar-refractivity contribution is 0.102. The molecule has 0 saturated heterocycles. The molecule has 0 unspecified atom stereocenters. The minimum Gasteiger partial charge on any atom is -0.495 e. The summed E-state index contributed by atoms with van der Waals surface area (Å²) >= 11 is 6.06. The number of nitrogens with one attached hydrogen (secondary N) is 2. The molecule has 0 saturated carbocycles. The summed E-state index contributed by atoms with van der Waals surface area (Å²) in [4.78, 5) is 12.3. The molecule has 0 radical (unpaired) electrons. The van der Waals surface area contributed by atoms with Crippen LogP contribution in [0.3, 0.4) is 0 Å². The number of hydrogen-bond donors (Lipinski definition) is 2. The fourth-order valence-electron chi connectivity index (χ4n) is 2.73. The minimum atomic E-state index is -4.22. The molecule has 0 fully saturated rings. The first-order chi connectivity index (χ1) is 15.1. The van der Waals surface area contributed by atoms with Crippen LogP contribution in [0.2, 0.25) is 5.02 Å². The van der Waals surface area contributed by atoms with Crippen molar-refractivity contribution >= 4 is 38.9 Å². The summed E-state index contributed by atoms with van der Waals surface area (Å²) in [7, 11) is -1.40. The first-order valence-corrected chi connectivity index (χ1v) is 10.8. The molecule has 0 aliphatic carbocycles. The number of benzene rings is 3. The Morgan fingerprint density at radius 1 is 0.938 bits per heavy atom. The van der Waals surface area contributed by atoms with Gasteiger partial charge < -0.3 is 14.8 Å². The van der Waals surface area contributed by atoms with Gasteiger partial charge in [-0.15, -0.1) is 0 Å². The van der Waals surface area contributed by atoms with Gasteiger partial charge in [-0.3, -0.25) is 9.52 Å². The maximum atomic E-state index is 13.4. The molecule has 32 heavy (non-hydrogen) atoms. The number of hydrogen-bond acceptors (Lipinski definition) is 5. The van der Waals surface area contributed by atoms with Crippen molar-refractivity contribution in [2.24, 2.45) is 0 Å². The smallest absolute Gasteiger partial charge is 0.261 e. The number of halogens is 3. The maximum absolute atomic E-state index is 13.4. The summed E-state index contributed by atoms with van der Waals surface area (Å²) in [5, 5.41) is 2.93. The maximum Gasteiger partial charge on any atom is 0.261 e. The molecule has 11 heteroatoms. The van der Waals surface area contributed by atoms with Crippen molar-refractivity contribution in [2.75, 3.05) is 24.3 Å². The van der Waals surface area contributed by atoms with Crippen LogP contribution in [0, 0.1) is 11.6 Å². The molecule has 1 amide bonds. The van der Waals surface area contributed by atoms with Crippen molar-refractivity contribution in [1.29, 1.82) is 0 Å². The number of sulfonamides is 1. The van der Waals surface area contributed by atoms with Crippen LogP contribution in [-0.2, 0) is 10.0 Å². The van der Waals surface area contributed by atoms with Crippen LogP contribution < -0.4 is 19.5 Å². The van der Waals surface area contributed by atoms with Gasteiger partial charge in [-0.2, -0.15) is 0 Å². The van der Waals surface area contributed by atoms with Crippen LogP contribution in [0.5, 0.6) is 11.5 Å². The van der Waals surface area contributed by atoms with Gasteiger partial charge in [-0.1, -0.05) is 17.7 Å². The Balaban J connectivity index is 1.84. The molecule has 168 valence electrons. The third kappa shape index (κ3) is 5.09. The van der Waals surface area contributed by atoms with Crippen molar-refractivity contribution in [1.82, 2.24) is 0 Å². The summed E-state index contributed by atoms with van der Waals surface area (Å²) in [5.74, 6) is -2.43. The zero-order valence-corrected chi connectivity index (χ0v) is 18.4. The predicted molar refractivity (Wildman–Crippen MR) is 116 cm³/mol. The van der Waals surface area contributed by atoms with Gasteiger partial charge in [-0.25, -0.2) is 17.2 Å². The molecule has 0 heterocycles. The van der Waals surface area contributed by atoms with Crippen LogP contribution in [0.4, 0.5) is 20.2 Å². The van der Waals surface area contributed by atoms with E-state index in [9.17, 15) is 22.0 Å². The number of methoxy groups -OCH3 is 2.